The number of benzene rings is 5. The van der Waals surface area contributed by atoms with Crippen molar-refractivity contribution in [3.05, 3.63) is 171 Å². The molecule has 0 saturated heterocycles. The minimum atomic E-state index is -5.39. The highest BCUT2D eigenvalue weighted by Gasteiger charge is 2.42. The summed E-state index contributed by atoms with van der Waals surface area (Å²) in [4.78, 5) is 0. The maximum Gasteiger partial charge on any atom is 0.416 e. The Morgan fingerprint density at radius 3 is 1.20 bits per heavy atom. The second-order valence-electron chi connectivity index (χ2n) is 14.4. The molecular formula is C44H34F12OP2. The van der Waals surface area contributed by atoms with E-state index < -0.39 is 85.4 Å². The van der Waals surface area contributed by atoms with Crippen molar-refractivity contribution in [2.24, 2.45) is 5.92 Å². The number of hydrogen-bond acceptors (Lipinski definition) is 1. The third-order valence-corrected chi connectivity index (χ3v) is 14.6. The number of rotatable bonds is 8. The van der Waals surface area contributed by atoms with Gasteiger partial charge in [-0.3, -0.25) is 0 Å². The van der Waals surface area contributed by atoms with E-state index in [9.17, 15) is 57.8 Å². The predicted molar refractivity (Wildman–Crippen MR) is 209 cm³/mol. The first-order valence-electron chi connectivity index (χ1n) is 17.8. The Kier molecular flexibility index (Phi) is 12.1. The van der Waals surface area contributed by atoms with E-state index in [1.807, 2.05) is 70.2 Å². The van der Waals surface area contributed by atoms with E-state index in [1.54, 1.807) is 12.2 Å². The van der Waals surface area contributed by atoms with E-state index in [-0.39, 0.29) is 23.0 Å². The molecule has 0 heterocycles. The van der Waals surface area contributed by atoms with Crippen LogP contribution in [0.1, 0.15) is 56.2 Å². The summed E-state index contributed by atoms with van der Waals surface area (Å²) in [6.45, 7) is 7.70. The second kappa shape index (κ2) is 16.2. The number of halogens is 12. The molecule has 310 valence electrons. The van der Waals surface area contributed by atoms with E-state index in [0.29, 0.717) is 29.6 Å². The van der Waals surface area contributed by atoms with Gasteiger partial charge in [-0.2, -0.15) is 52.7 Å². The van der Waals surface area contributed by atoms with Gasteiger partial charge in [0.15, 0.2) is 0 Å². The third-order valence-electron chi connectivity index (χ3n) is 9.61. The Bertz CT molecular complexity index is 2210. The number of allylic oxidation sites excluding steroid dienone is 2. The van der Waals surface area contributed by atoms with Crippen LogP contribution in [-0.2, 0) is 24.7 Å². The molecule has 59 heavy (non-hydrogen) atoms. The van der Waals surface area contributed by atoms with Crippen LogP contribution >= 0.6 is 15.8 Å². The van der Waals surface area contributed by atoms with Crippen LogP contribution in [0, 0.1) is 33.6 Å². The van der Waals surface area contributed by atoms with Gasteiger partial charge in [0.05, 0.1) is 28.4 Å². The fraction of sp³-hybridized carbons (Fsp3) is 0.227. The molecule has 1 aliphatic rings. The lowest BCUT2D eigenvalue weighted by Crippen LogP contribution is -2.29. The number of aryl methyl sites for hydroxylation is 4. The highest BCUT2D eigenvalue weighted by atomic mass is 31.1. The summed E-state index contributed by atoms with van der Waals surface area (Å²) >= 11 is 0. The van der Waals surface area contributed by atoms with Crippen LogP contribution in [0.2, 0.25) is 0 Å². The van der Waals surface area contributed by atoms with Gasteiger partial charge in [0.1, 0.15) is 0 Å². The molecule has 1 N–H and O–H groups in total. The van der Waals surface area contributed by atoms with Gasteiger partial charge in [-0.05, 0) is 117 Å². The fourth-order valence-corrected chi connectivity index (χ4v) is 12.9. The molecule has 2 atom stereocenters. The lowest BCUT2D eigenvalue weighted by atomic mass is 9.97. The van der Waals surface area contributed by atoms with Crippen LogP contribution in [0.25, 0.3) is 0 Å². The van der Waals surface area contributed by atoms with Crippen LogP contribution in [-0.4, -0.2) is 5.11 Å². The Morgan fingerprint density at radius 1 is 0.475 bits per heavy atom. The van der Waals surface area contributed by atoms with Gasteiger partial charge in [0.2, 0.25) is 0 Å². The third kappa shape index (κ3) is 9.80. The molecule has 0 amide bonds. The molecule has 5 aromatic rings. The van der Waals surface area contributed by atoms with Crippen molar-refractivity contribution in [3.63, 3.8) is 0 Å². The minimum absolute atomic E-state index is 0.103. The van der Waals surface area contributed by atoms with Gasteiger partial charge in [-0.25, -0.2) is 0 Å². The summed E-state index contributed by atoms with van der Waals surface area (Å²) in [6, 6.07) is 18.1. The molecule has 0 radical (unpaired) electrons. The van der Waals surface area contributed by atoms with Gasteiger partial charge in [0.25, 0.3) is 0 Å². The first-order valence-corrected chi connectivity index (χ1v) is 20.5. The van der Waals surface area contributed by atoms with Gasteiger partial charge in [-0.15, -0.1) is 0 Å². The quantitative estimate of drug-likeness (QED) is 0.122. The Balaban J connectivity index is 1.61. The average Bonchev–Trinajstić information content (AvgIpc) is 3.58. The smallest absolute Gasteiger partial charge is 0.387 e. The summed E-state index contributed by atoms with van der Waals surface area (Å²) in [5.41, 5.74) is -3.54. The van der Waals surface area contributed by atoms with Crippen molar-refractivity contribution < 1.29 is 57.8 Å². The summed E-state index contributed by atoms with van der Waals surface area (Å²) in [7, 11) is -4.52. The highest BCUT2D eigenvalue weighted by Crippen LogP contribution is 2.53. The summed E-state index contributed by atoms with van der Waals surface area (Å²) in [5.74, 6) is -0.889. The van der Waals surface area contributed by atoms with Crippen molar-refractivity contribution in [1.82, 2.24) is 0 Å². The maximum atomic E-state index is 14.2. The normalized spacial score (nSPS) is 15.6. The monoisotopic (exact) mass is 868 g/mol. The minimum Gasteiger partial charge on any atom is -0.387 e. The molecule has 1 unspecified atom stereocenters. The van der Waals surface area contributed by atoms with Crippen LogP contribution in [0.4, 0.5) is 52.7 Å². The van der Waals surface area contributed by atoms with E-state index >= 15 is 0 Å². The molecule has 0 fully saturated rings. The van der Waals surface area contributed by atoms with Crippen LogP contribution in [0.15, 0.2) is 121 Å². The van der Waals surface area contributed by atoms with Gasteiger partial charge in [-0.1, -0.05) is 101 Å². The topological polar surface area (TPSA) is 20.2 Å². The molecule has 0 aliphatic heterocycles. The number of hydrogen-bond donors (Lipinski definition) is 1. The lowest BCUT2D eigenvalue weighted by molar-refractivity contribution is -0.144. The number of aliphatic hydroxyl groups excluding tert-OH is 1. The molecule has 0 spiro atoms. The van der Waals surface area contributed by atoms with Crippen molar-refractivity contribution in [3.8, 4) is 0 Å². The van der Waals surface area contributed by atoms with Gasteiger partial charge >= 0.3 is 24.7 Å². The molecular weight excluding hydrogens is 834 g/mol. The van der Waals surface area contributed by atoms with E-state index in [1.165, 1.54) is 24.3 Å². The van der Waals surface area contributed by atoms with E-state index in [2.05, 4.69) is 0 Å². The van der Waals surface area contributed by atoms with Gasteiger partial charge < -0.3 is 5.11 Å². The van der Waals surface area contributed by atoms with Crippen molar-refractivity contribution in [2.45, 2.75) is 58.5 Å². The molecule has 6 rings (SSSR count). The van der Waals surface area contributed by atoms with Gasteiger partial charge in [0, 0.05) is 5.92 Å². The number of alkyl halides is 12. The molecule has 0 bridgehead atoms. The van der Waals surface area contributed by atoms with E-state index in [4.69, 9.17) is 0 Å². The highest BCUT2D eigenvalue weighted by molar-refractivity contribution is 7.80. The Labute approximate surface area is 334 Å². The lowest BCUT2D eigenvalue weighted by Gasteiger charge is -2.31. The van der Waals surface area contributed by atoms with Crippen molar-refractivity contribution in [2.75, 3.05) is 0 Å². The fourth-order valence-electron chi connectivity index (χ4n) is 7.28. The first-order chi connectivity index (χ1) is 27.3. The predicted octanol–water partition coefficient (Wildman–Crippen LogP) is 12.0. The Hall–Kier alpha value is -4.44. The standard InChI is InChI=1S/C44H34F12OP2/c1-24-12-25(2)15-32(14-24)58(33-16-26(3)13-27(4)17-33)39-11-7-9-37(39)40(57)36-8-5-6-10-38(36)59(34-20-28(41(45,46)47)18-29(21-34)42(48,49)50)35-22-30(43(51,52)53)19-31(23-35)44(54,55)56/h5-23,37,40,57H,1-4H3/t37?,40-/m0/s1. The average molecular weight is 869 g/mol. The molecule has 0 aromatic heterocycles. The van der Waals surface area contributed by atoms with Crippen molar-refractivity contribution in [1.29, 1.82) is 0 Å². The molecule has 15 heteroatoms. The molecule has 1 aliphatic carbocycles. The summed E-state index contributed by atoms with van der Waals surface area (Å²) in [6.07, 6.45) is -18.0. The SMILES string of the molecule is Cc1cc(C)cc(P(C2=CC=CC2[C@@H](O)c2ccccc2P(c2cc(C(F)(F)F)cc(C(F)(F)F)c2)c2cc(C(F)(F)F)cc(C(F)(F)F)c2)c2cc(C)cc(C)c2)c1. The Morgan fingerprint density at radius 2 is 0.831 bits per heavy atom. The number of aliphatic hydroxyl groups is 1. The van der Waals surface area contributed by atoms with Crippen LogP contribution < -0.4 is 26.5 Å². The molecule has 1 nitrogen and oxygen atoms in total. The maximum absolute atomic E-state index is 14.2. The first kappa shape index (κ1) is 44.1. The largest absolute Gasteiger partial charge is 0.416 e. The zero-order chi connectivity index (χ0) is 43.4. The van der Waals surface area contributed by atoms with E-state index in [0.717, 1.165) is 32.9 Å². The van der Waals surface area contributed by atoms with Crippen molar-refractivity contribution >= 4 is 42.4 Å². The second-order valence-corrected chi connectivity index (χ2v) is 18.8. The molecule has 5 aromatic carbocycles. The molecule has 0 saturated carbocycles. The van der Waals surface area contributed by atoms with Crippen LogP contribution in [0.5, 0.6) is 0 Å². The summed E-state index contributed by atoms with van der Waals surface area (Å²) in [5, 5.41) is 13.0. The zero-order valence-corrected chi connectivity index (χ0v) is 33.3. The summed E-state index contributed by atoms with van der Waals surface area (Å²) < 4.78 is 171. The zero-order valence-electron chi connectivity index (χ0n) is 31.5. The van der Waals surface area contributed by atoms with Crippen LogP contribution in [0.3, 0.4) is 0 Å².